The van der Waals surface area contributed by atoms with Crippen LogP contribution in [0.15, 0.2) is 36.8 Å². The van der Waals surface area contributed by atoms with Gasteiger partial charge in [0.15, 0.2) is 0 Å². The highest BCUT2D eigenvalue weighted by atomic mass is 15.0. The number of aryl methyl sites for hydroxylation is 1. The number of aromatic amines is 1. The van der Waals surface area contributed by atoms with Crippen molar-refractivity contribution in [1.82, 2.24) is 19.9 Å². The lowest BCUT2D eigenvalue weighted by molar-refractivity contribution is 0.554. The summed E-state index contributed by atoms with van der Waals surface area (Å²) < 4.78 is 2.28. The Morgan fingerprint density at radius 3 is 3.20 bits per heavy atom. The van der Waals surface area contributed by atoms with E-state index in [0.717, 1.165) is 25.2 Å². The van der Waals surface area contributed by atoms with E-state index < -0.39 is 0 Å². The molecule has 0 spiro atoms. The van der Waals surface area contributed by atoms with Crippen LogP contribution in [-0.2, 0) is 13.0 Å². The van der Waals surface area contributed by atoms with Crippen molar-refractivity contribution in [1.29, 1.82) is 0 Å². The van der Waals surface area contributed by atoms with Gasteiger partial charge in [0.1, 0.15) is 0 Å². The van der Waals surface area contributed by atoms with Crippen LogP contribution >= 0.6 is 0 Å². The molecule has 0 amide bonds. The number of rotatable bonds is 2. The second-order valence-corrected chi connectivity index (χ2v) is 5.32. The summed E-state index contributed by atoms with van der Waals surface area (Å²) in [6, 6.07) is 9.09. The van der Waals surface area contributed by atoms with Crippen LogP contribution in [0.5, 0.6) is 0 Å². The second-order valence-electron chi connectivity index (χ2n) is 5.32. The molecule has 4 rings (SSSR count). The number of benzene rings is 1. The first-order valence-corrected chi connectivity index (χ1v) is 7.21. The largest absolute Gasteiger partial charge is 0.348 e. The van der Waals surface area contributed by atoms with E-state index in [1.54, 1.807) is 6.33 Å². The van der Waals surface area contributed by atoms with Crippen LogP contribution in [0.1, 0.15) is 29.9 Å². The van der Waals surface area contributed by atoms with Crippen molar-refractivity contribution in [2.24, 2.45) is 0 Å². The van der Waals surface area contributed by atoms with Gasteiger partial charge in [-0.05, 0) is 30.0 Å². The number of nitrogens with zero attached hydrogens (tertiary/aromatic N) is 2. The topological polar surface area (TPSA) is 45.6 Å². The van der Waals surface area contributed by atoms with Gasteiger partial charge in [-0.25, -0.2) is 4.98 Å². The average Bonchev–Trinajstić information content (AvgIpc) is 3.12. The van der Waals surface area contributed by atoms with Gasteiger partial charge in [0.2, 0.25) is 0 Å². The first-order valence-electron chi connectivity index (χ1n) is 7.21. The molecule has 1 unspecified atom stereocenters. The zero-order valence-electron chi connectivity index (χ0n) is 11.6. The van der Waals surface area contributed by atoms with Crippen LogP contribution < -0.4 is 5.32 Å². The molecule has 4 heteroatoms. The fourth-order valence-electron chi connectivity index (χ4n) is 3.15. The number of hydrogen-bond acceptors (Lipinski definition) is 2. The normalized spacial score (nSPS) is 18.4. The van der Waals surface area contributed by atoms with Gasteiger partial charge in [0.25, 0.3) is 0 Å². The van der Waals surface area contributed by atoms with E-state index in [2.05, 4.69) is 57.2 Å². The standard InChI is InChI=1S/C16H18N4/c1-2-20-8-6-11-3-4-12(9-14(11)20)15-16-13(5-7-17-15)18-10-19-16/h3-4,6,8-10,15,17H,2,5,7H2,1H3,(H,18,19). The molecule has 3 aromatic rings. The fraction of sp³-hybridized carbons (Fsp3) is 0.312. The lowest BCUT2D eigenvalue weighted by Crippen LogP contribution is -2.30. The second kappa shape index (κ2) is 4.49. The molecule has 1 atom stereocenters. The minimum atomic E-state index is 0.203. The molecular formula is C16H18N4. The summed E-state index contributed by atoms with van der Waals surface area (Å²) in [5, 5.41) is 4.88. The van der Waals surface area contributed by atoms with Gasteiger partial charge in [0.05, 0.1) is 18.1 Å². The molecule has 0 bridgehead atoms. The third kappa shape index (κ3) is 1.68. The highest BCUT2D eigenvalue weighted by molar-refractivity contribution is 5.81. The molecule has 1 aliphatic rings. The van der Waals surface area contributed by atoms with E-state index in [1.165, 1.54) is 22.2 Å². The average molecular weight is 266 g/mol. The molecule has 2 aromatic heterocycles. The van der Waals surface area contributed by atoms with Crippen molar-refractivity contribution in [2.75, 3.05) is 6.54 Å². The lowest BCUT2D eigenvalue weighted by Gasteiger charge is -2.23. The van der Waals surface area contributed by atoms with Crippen LogP contribution in [0, 0.1) is 0 Å². The van der Waals surface area contributed by atoms with Gasteiger partial charge < -0.3 is 14.9 Å². The Balaban J connectivity index is 1.83. The molecule has 0 aliphatic carbocycles. The number of hydrogen-bond donors (Lipinski definition) is 2. The summed E-state index contributed by atoms with van der Waals surface area (Å²) in [6.45, 7) is 4.17. The molecule has 0 saturated heterocycles. The molecule has 0 radical (unpaired) electrons. The van der Waals surface area contributed by atoms with Crippen molar-refractivity contribution >= 4 is 10.9 Å². The minimum absolute atomic E-state index is 0.203. The van der Waals surface area contributed by atoms with E-state index in [4.69, 9.17) is 0 Å². The maximum absolute atomic E-state index is 4.50. The van der Waals surface area contributed by atoms with E-state index in [0.29, 0.717) is 0 Å². The Morgan fingerprint density at radius 2 is 2.30 bits per heavy atom. The molecule has 1 aromatic carbocycles. The summed E-state index contributed by atoms with van der Waals surface area (Å²) in [4.78, 5) is 7.76. The maximum Gasteiger partial charge on any atom is 0.0926 e. The number of H-pyrrole nitrogens is 1. The Kier molecular flexibility index (Phi) is 2.63. The summed E-state index contributed by atoms with van der Waals surface area (Å²) in [7, 11) is 0. The first-order chi connectivity index (χ1) is 9.86. The first kappa shape index (κ1) is 11.7. The number of aromatic nitrogens is 3. The number of nitrogens with one attached hydrogen (secondary N) is 2. The van der Waals surface area contributed by atoms with Crippen LogP contribution in [0.25, 0.3) is 10.9 Å². The summed E-state index contributed by atoms with van der Waals surface area (Å²) in [5.41, 5.74) is 5.00. The Bertz CT molecular complexity index is 753. The van der Waals surface area contributed by atoms with Gasteiger partial charge in [-0.1, -0.05) is 12.1 Å². The molecule has 0 saturated carbocycles. The third-order valence-corrected chi connectivity index (χ3v) is 4.22. The van der Waals surface area contributed by atoms with Gasteiger partial charge >= 0.3 is 0 Å². The van der Waals surface area contributed by atoms with E-state index in [-0.39, 0.29) is 6.04 Å². The third-order valence-electron chi connectivity index (χ3n) is 4.22. The molecule has 3 heterocycles. The van der Waals surface area contributed by atoms with Crippen molar-refractivity contribution < 1.29 is 0 Å². The Labute approximate surface area is 117 Å². The molecule has 20 heavy (non-hydrogen) atoms. The van der Waals surface area contributed by atoms with Gasteiger partial charge in [-0.3, -0.25) is 0 Å². The highest BCUT2D eigenvalue weighted by Gasteiger charge is 2.23. The maximum atomic E-state index is 4.50. The number of imidazole rings is 1. The summed E-state index contributed by atoms with van der Waals surface area (Å²) >= 11 is 0. The van der Waals surface area contributed by atoms with Crippen LogP contribution in [0.2, 0.25) is 0 Å². The molecule has 2 N–H and O–H groups in total. The van der Waals surface area contributed by atoms with Crippen molar-refractivity contribution in [3.05, 3.63) is 53.7 Å². The van der Waals surface area contributed by atoms with E-state index >= 15 is 0 Å². The summed E-state index contributed by atoms with van der Waals surface area (Å²) in [5.74, 6) is 0. The fourth-order valence-corrected chi connectivity index (χ4v) is 3.15. The van der Waals surface area contributed by atoms with E-state index in [1.807, 2.05) is 0 Å². The van der Waals surface area contributed by atoms with Crippen LogP contribution in [0.3, 0.4) is 0 Å². The zero-order chi connectivity index (χ0) is 13.5. The van der Waals surface area contributed by atoms with Crippen molar-refractivity contribution in [3.8, 4) is 0 Å². The van der Waals surface area contributed by atoms with Crippen molar-refractivity contribution in [2.45, 2.75) is 25.9 Å². The monoisotopic (exact) mass is 266 g/mol. The van der Waals surface area contributed by atoms with Crippen LogP contribution in [-0.4, -0.2) is 21.1 Å². The lowest BCUT2D eigenvalue weighted by atomic mass is 9.97. The van der Waals surface area contributed by atoms with Crippen LogP contribution in [0.4, 0.5) is 0 Å². The summed E-state index contributed by atoms with van der Waals surface area (Å²) in [6.07, 6.45) is 4.99. The highest BCUT2D eigenvalue weighted by Crippen LogP contribution is 2.28. The van der Waals surface area contributed by atoms with Gasteiger partial charge in [0, 0.05) is 36.9 Å². The predicted molar refractivity (Wildman–Crippen MR) is 79.7 cm³/mol. The van der Waals surface area contributed by atoms with Gasteiger partial charge in [-0.2, -0.15) is 0 Å². The molecule has 4 nitrogen and oxygen atoms in total. The molecule has 102 valence electrons. The Morgan fingerprint density at radius 1 is 1.35 bits per heavy atom. The van der Waals surface area contributed by atoms with Gasteiger partial charge in [-0.15, -0.1) is 0 Å². The SMILES string of the molecule is CCn1ccc2ccc(C3NCCc4[nH]cnc43)cc21. The Hall–Kier alpha value is -2.07. The number of fused-ring (bicyclic) bond motifs is 2. The smallest absolute Gasteiger partial charge is 0.0926 e. The predicted octanol–water partition coefficient (Wildman–Crippen LogP) is 2.62. The molecule has 0 fully saturated rings. The minimum Gasteiger partial charge on any atom is -0.348 e. The molecule has 1 aliphatic heterocycles. The zero-order valence-corrected chi connectivity index (χ0v) is 11.6. The van der Waals surface area contributed by atoms with Crippen molar-refractivity contribution in [3.63, 3.8) is 0 Å². The quantitative estimate of drug-likeness (QED) is 0.749. The van der Waals surface area contributed by atoms with E-state index in [9.17, 15) is 0 Å². The molecular weight excluding hydrogens is 248 g/mol.